The van der Waals surface area contributed by atoms with Crippen molar-refractivity contribution >= 4 is 39.5 Å². The molecule has 0 saturated heterocycles. The van der Waals surface area contributed by atoms with Crippen LogP contribution in [0.25, 0.3) is 0 Å². The maximum Gasteiger partial charge on any atom is 0.472 e. The molecule has 3 unspecified atom stereocenters. The lowest BCUT2D eigenvalue weighted by molar-refractivity contribution is -0.161. The molecule has 0 aliphatic rings. The Bertz CT molecular complexity index is 1810. The molecule has 0 rings (SSSR count). The van der Waals surface area contributed by atoms with Gasteiger partial charge in [-0.25, -0.2) is 9.13 Å². The monoisotopic (exact) mass is 1380 g/mol. The zero-order chi connectivity index (χ0) is 69.1. The summed E-state index contributed by atoms with van der Waals surface area (Å²) < 4.78 is 68.4. The zero-order valence-electron chi connectivity index (χ0n) is 61.1. The smallest absolute Gasteiger partial charge is 0.462 e. The van der Waals surface area contributed by atoms with E-state index in [4.69, 9.17) is 37.0 Å². The van der Waals surface area contributed by atoms with Crippen LogP contribution in [0.5, 0.6) is 0 Å². The lowest BCUT2D eigenvalue weighted by Gasteiger charge is -2.21. The molecule has 0 saturated carbocycles. The maximum atomic E-state index is 13.1. The van der Waals surface area contributed by atoms with Crippen LogP contribution in [0.4, 0.5) is 0 Å². The molecule has 0 aliphatic carbocycles. The molecule has 0 aromatic carbocycles. The van der Waals surface area contributed by atoms with Crippen LogP contribution in [-0.4, -0.2) is 96.7 Å². The summed E-state index contributed by atoms with van der Waals surface area (Å²) in [6.07, 6.45) is 57.0. The molecule has 0 fully saturated rings. The van der Waals surface area contributed by atoms with Gasteiger partial charge in [-0.05, 0) is 31.6 Å². The average Bonchev–Trinajstić information content (AvgIpc) is 2.00. The van der Waals surface area contributed by atoms with Crippen LogP contribution in [0.3, 0.4) is 0 Å². The molecule has 17 nitrogen and oxygen atoms in total. The lowest BCUT2D eigenvalue weighted by atomic mass is 10.00. The lowest BCUT2D eigenvalue weighted by Crippen LogP contribution is -2.30. The highest BCUT2D eigenvalue weighted by atomic mass is 31.2. The van der Waals surface area contributed by atoms with Crippen molar-refractivity contribution in [2.24, 2.45) is 5.92 Å². The number of unbranched alkanes of at least 4 members (excludes halogenated alkanes) is 46. The molecular weight excluding hydrogens is 1230 g/mol. The Balaban J connectivity index is 5.20. The van der Waals surface area contributed by atoms with Crippen LogP contribution in [0.15, 0.2) is 0 Å². The van der Waals surface area contributed by atoms with Crippen LogP contribution in [0.2, 0.25) is 0 Å². The molecule has 19 heteroatoms. The van der Waals surface area contributed by atoms with Gasteiger partial charge in [-0.2, -0.15) is 0 Å². The Morgan fingerprint density at radius 2 is 0.511 bits per heavy atom. The number of aliphatic hydroxyl groups excluding tert-OH is 1. The van der Waals surface area contributed by atoms with Gasteiger partial charge in [0.1, 0.15) is 19.3 Å². The number of aliphatic hydroxyl groups is 1. The summed E-state index contributed by atoms with van der Waals surface area (Å²) in [5.74, 6) is -1.40. The van der Waals surface area contributed by atoms with Crippen molar-refractivity contribution in [3.8, 4) is 0 Å². The Hall–Kier alpha value is -1.94. The highest BCUT2D eigenvalue weighted by Crippen LogP contribution is 2.45. The van der Waals surface area contributed by atoms with Crippen molar-refractivity contribution in [1.29, 1.82) is 0 Å². The Labute approximate surface area is 575 Å². The molecule has 3 N–H and O–H groups in total. The quantitative estimate of drug-likeness (QED) is 0.0222. The van der Waals surface area contributed by atoms with E-state index in [0.717, 1.165) is 95.8 Å². The molecular formula is C75H146O17P2. The van der Waals surface area contributed by atoms with Gasteiger partial charge >= 0.3 is 39.5 Å². The van der Waals surface area contributed by atoms with E-state index in [0.29, 0.717) is 25.7 Å². The van der Waals surface area contributed by atoms with E-state index in [9.17, 15) is 43.2 Å². The molecule has 0 amide bonds. The second-order valence-electron chi connectivity index (χ2n) is 27.3. The number of hydrogen-bond acceptors (Lipinski definition) is 15. The number of phosphoric acid groups is 2. The van der Waals surface area contributed by atoms with Gasteiger partial charge in [-0.15, -0.1) is 0 Å². The minimum atomic E-state index is -4.96. The molecule has 0 aromatic rings. The van der Waals surface area contributed by atoms with Crippen molar-refractivity contribution in [2.45, 2.75) is 412 Å². The van der Waals surface area contributed by atoms with Gasteiger partial charge in [0.2, 0.25) is 0 Å². The standard InChI is InChI=1S/C75H146O17P2/c1-6-10-13-16-19-22-25-27-29-30-31-32-33-34-36-38-41-44-50-55-60-74(79)91-70(64-85-73(78)59-54-49-43-40-37-35-28-26-23-20-17-14-11-7-2)66-89-93(81,82)87-62-69(76)63-88-94(83,84)90-67-71(92-75(80)61-56-51-46-45-47-52-57-68(5)9-4)65-86-72(77)58-53-48-42-39-24-21-18-15-12-8-3/h68-71,76H,6-67H2,1-5H3,(H,81,82)(H,83,84)/t68?,69-,70-,71-/m1/s1. The summed E-state index contributed by atoms with van der Waals surface area (Å²) in [5, 5.41) is 10.6. The van der Waals surface area contributed by atoms with Gasteiger partial charge in [0, 0.05) is 25.7 Å². The number of carbonyl (C=O) groups excluding carboxylic acids is 4. The van der Waals surface area contributed by atoms with Crippen molar-refractivity contribution < 1.29 is 80.2 Å². The third-order valence-corrected chi connectivity index (χ3v) is 19.8. The van der Waals surface area contributed by atoms with E-state index in [-0.39, 0.29) is 25.7 Å². The van der Waals surface area contributed by atoms with Gasteiger partial charge in [-0.1, -0.05) is 343 Å². The van der Waals surface area contributed by atoms with Crippen LogP contribution >= 0.6 is 15.6 Å². The van der Waals surface area contributed by atoms with Crippen molar-refractivity contribution in [2.75, 3.05) is 39.6 Å². The van der Waals surface area contributed by atoms with Crippen LogP contribution < -0.4 is 0 Å². The first-order chi connectivity index (χ1) is 45.6. The van der Waals surface area contributed by atoms with E-state index in [1.54, 1.807) is 0 Å². The van der Waals surface area contributed by atoms with Crippen molar-refractivity contribution in [1.82, 2.24) is 0 Å². The predicted octanol–water partition coefficient (Wildman–Crippen LogP) is 22.1. The molecule has 0 aromatic heterocycles. The number of hydrogen-bond donors (Lipinski definition) is 3. The third-order valence-electron chi connectivity index (χ3n) is 17.9. The van der Waals surface area contributed by atoms with E-state index in [2.05, 4.69) is 34.6 Å². The van der Waals surface area contributed by atoms with Gasteiger partial charge < -0.3 is 33.8 Å². The first kappa shape index (κ1) is 92.1. The van der Waals surface area contributed by atoms with Crippen molar-refractivity contribution in [3.63, 3.8) is 0 Å². The van der Waals surface area contributed by atoms with Crippen LogP contribution in [0, 0.1) is 5.92 Å². The molecule has 0 aliphatic heterocycles. The van der Waals surface area contributed by atoms with E-state index in [1.165, 1.54) is 218 Å². The summed E-state index contributed by atoms with van der Waals surface area (Å²) in [4.78, 5) is 72.7. The number of phosphoric ester groups is 2. The number of carbonyl (C=O) groups is 4. The molecule has 0 spiro atoms. The SMILES string of the molecule is CCCCCCCCCCCCCCCCCCCCCCC(=O)O[C@H](COC(=O)CCCCCCCCCCCCCCCC)COP(=O)(O)OC[C@@H](O)COP(=O)(O)OC[C@@H](COC(=O)CCCCCCCCCCCC)OC(=O)CCCCCCCCC(C)CC. The summed E-state index contributed by atoms with van der Waals surface area (Å²) in [5.41, 5.74) is 0. The fraction of sp³-hybridized carbons (Fsp3) is 0.947. The van der Waals surface area contributed by atoms with Gasteiger partial charge in [0.15, 0.2) is 12.2 Å². The molecule has 0 radical (unpaired) electrons. The Morgan fingerprint density at radius 3 is 0.755 bits per heavy atom. The minimum absolute atomic E-state index is 0.104. The number of rotatable bonds is 75. The summed E-state index contributed by atoms with van der Waals surface area (Å²) in [6, 6.07) is 0. The highest BCUT2D eigenvalue weighted by molar-refractivity contribution is 7.47. The third kappa shape index (κ3) is 67.3. The predicted molar refractivity (Wildman–Crippen MR) is 382 cm³/mol. The zero-order valence-corrected chi connectivity index (χ0v) is 62.9. The summed E-state index contributed by atoms with van der Waals surface area (Å²) in [6.45, 7) is 7.23. The first-order valence-electron chi connectivity index (χ1n) is 39.2. The molecule has 6 atom stereocenters. The summed E-state index contributed by atoms with van der Waals surface area (Å²) >= 11 is 0. The van der Waals surface area contributed by atoms with Crippen LogP contribution in [0.1, 0.15) is 394 Å². The number of esters is 4. The molecule has 0 heterocycles. The second kappa shape index (κ2) is 68.2. The van der Waals surface area contributed by atoms with Crippen LogP contribution in [-0.2, 0) is 65.4 Å². The fourth-order valence-corrected chi connectivity index (χ4v) is 13.1. The van der Waals surface area contributed by atoms with Gasteiger partial charge in [0.25, 0.3) is 0 Å². The topological polar surface area (TPSA) is 237 Å². The molecule has 558 valence electrons. The normalized spacial score (nSPS) is 14.3. The first-order valence-corrected chi connectivity index (χ1v) is 42.2. The highest BCUT2D eigenvalue weighted by Gasteiger charge is 2.30. The second-order valence-corrected chi connectivity index (χ2v) is 30.2. The maximum absolute atomic E-state index is 13.1. The van der Waals surface area contributed by atoms with E-state index >= 15 is 0 Å². The Kier molecular flexibility index (Phi) is 66.8. The average molecular weight is 1380 g/mol. The summed E-state index contributed by atoms with van der Waals surface area (Å²) in [7, 11) is -9.91. The van der Waals surface area contributed by atoms with E-state index < -0.39 is 97.5 Å². The number of ether oxygens (including phenoxy) is 4. The largest absolute Gasteiger partial charge is 0.472 e. The Morgan fingerprint density at radius 1 is 0.298 bits per heavy atom. The molecule has 94 heavy (non-hydrogen) atoms. The fourth-order valence-electron chi connectivity index (χ4n) is 11.5. The van der Waals surface area contributed by atoms with E-state index in [1.807, 2.05) is 0 Å². The van der Waals surface area contributed by atoms with Gasteiger partial charge in [-0.3, -0.25) is 37.3 Å². The molecule has 0 bridgehead atoms. The van der Waals surface area contributed by atoms with Gasteiger partial charge in [0.05, 0.1) is 26.4 Å². The minimum Gasteiger partial charge on any atom is -0.462 e. The van der Waals surface area contributed by atoms with Crippen molar-refractivity contribution in [3.05, 3.63) is 0 Å².